The molecule has 0 amide bonds. The number of benzene rings is 1. The van der Waals surface area contributed by atoms with Crippen LogP contribution in [0.25, 0.3) is 11.1 Å². The first-order valence-electron chi connectivity index (χ1n) is 5.76. The number of sulfone groups is 1. The number of aryl methyl sites for hydroxylation is 1. The lowest BCUT2D eigenvalue weighted by Crippen LogP contribution is -1.97. The van der Waals surface area contributed by atoms with Crippen LogP contribution in [0.2, 0.25) is 0 Å². The highest BCUT2D eigenvalue weighted by molar-refractivity contribution is 7.90. The van der Waals surface area contributed by atoms with E-state index in [0.29, 0.717) is 4.90 Å². The molecule has 0 fully saturated rings. The molecule has 94 valence electrons. The van der Waals surface area contributed by atoms with E-state index < -0.39 is 9.84 Å². The third kappa shape index (κ3) is 2.59. The largest absolute Gasteiger partial charge is 0.261 e. The molecule has 0 saturated heterocycles. The number of hydrogen-bond donors (Lipinski definition) is 0. The lowest BCUT2D eigenvalue weighted by Gasteiger charge is -2.07. The summed E-state index contributed by atoms with van der Waals surface area (Å²) in [6, 6.07) is 10.8. The average molecular weight is 261 g/mol. The van der Waals surface area contributed by atoms with E-state index in [1.807, 2.05) is 24.3 Å². The molecule has 0 unspecified atom stereocenters. The third-order valence-electron chi connectivity index (χ3n) is 2.82. The summed E-state index contributed by atoms with van der Waals surface area (Å²) in [6.45, 7) is 2.05. The molecule has 0 saturated carbocycles. The van der Waals surface area contributed by atoms with Crippen molar-refractivity contribution < 1.29 is 8.42 Å². The summed E-state index contributed by atoms with van der Waals surface area (Å²) in [4.78, 5) is 4.67. The van der Waals surface area contributed by atoms with E-state index in [4.69, 9.17) is 0 Å². The van der Waals surface area contributed by atoms with Gasteiger partial charge in [0.2, 0.25) is 0 Å². The number of hydrogen-bond acceptors (Lipinski definition) is 3. The van der Waals surface area contributed by atoms with Gasteiger partial charge in [-0.2, -0.15) is 0 Å². The lowest BCUT2D eigenvalue weighted by molar-refractivity contribution is 0.602. The molecule has 2 aromatic rings. The molecule has 0 bridgehead atoms. The molecule has 3 nitrogen and oxygen atoms in total. The summed E-state index contributed by atoms with van der Waals surface area (Å²) in [5.74, 6) is 0. The van der Waals surface area contributed by atoms with Gasteiger partial charge in [-0.15, -0.1) is 0 Å². The monoisotopic (exact) mass is 261 g/mol. The van der Waals surface area contributed by atoms with Crippen molar-refractivity contribution in [1.29, 1.82) is 0 Å². The molecule has 1 aromatic carbocycles. The Labute approximate surface area is 107 Å². The molecule has 0 atom stereocenters. The van der Waals surface area contributed by atoms with Crippen LogP contribution in [-0.2, 0) is 16.3 Å². The molecule has 2 rings (SSSR count). The molecule has 4 heteroatoms. The van der Waals surface area contributed by atoms with Crippen LogP contribution in [0.1, 0.15) is 12.6 Å². The highest BCUT2D eigenvalue weighted by atomic mass is 32.2. The number of rotatable bonds is 3. The van der Waals surface area contributed by atoms with Gasteiger partial charge in [-0.05, 0) is 30.2 Å². The highest BCUT2D eigenvalue weighted by Crippen LogP contribution is 2.23. The van der Waals surface area contributed by atoms with Crippen LogP contribution >= 0.6 is 0 Å². The van der Waals surface area contributed by atoms with Crippen molar-refractivity contribution in [2.24, 2.45) is 0 Å². The van der Waals surface area contributed by atoms with E-state index in [2.05, 4.69) is 11.9 Å². The molecule has 0 radical (unpaired) electrons. The Balaban J connectivity index is 2.47. The average Bonchev–Trinajstić information content (AvgIpc) is 2.38. The lowest BCUT2D eigenvalue weighted by atomic mass is 10.0. The summed E-state index contributed by atoms with van der Waals surface area (Å²) in [7, 11) is -3.13. The van der Waals surface area contributed by atoms with Gasteiger partial charge in [-0.3, -0.25) is 4.98 Å². The van der Waals surface area contributed by atoms with Gasteiger partial charge < -0.3 is 0 Å². The quantitative estimate of drug-likeness (QED) is 0.853. The molecule has 1 aromatic heterocycles. The maximum atomic E-state index is 11.4. The maximum Gasteiger partial charge on any atom is 0.175 e. The van der Waals surface area contributed by atoms with Gasteiger partial charge in [-0.25, -0.2) is 8.42 Å². The molecule has 0 spiro atoms. The van der Waals surface area contributed by atoms with Crippen molar-refractivity contribution in [3.63, 3.8) is 0 Å². The SMILES string of the molecule is CCc1ncccc1-c1ccc(S(C)(=O)=O)cc1. The molecule has 0 aliphatic heterocycles. The molecule has 0 aliphatic carbocycles. The third-order valence-corrected chi connectivity index (χ3v) is 3.95. The summed E-state index contributed by atoms with van der Waals surface area (Å²) < 4.78 is 22.8. The van der Waals surface area contributed by atoms with E-state index in [0.717, 1.165) is 23.2 Å². The van der Waals surface area contributed by atoms with E-state index in [9.17, 15) is 8.42 Å². The van der Waals surface area contributed by atoms with Gasteiger partial charge >= 0.3 is 0 Å². The van der Waals surface area contributed by atoms with Gasteiger partial charge in [0, 0.05) is 23.7 Å². The van der Waals surface area contributed by atoms with Crippen LogP contribution in [0, 0.1) is 0 Å². The van der Waals surface area contributed by atoms with Gasteiger partial charge in [0.25, 0.3) is 0 Å². The number of pyridine rings is 1. The second-order valence-corrected chi connectivity index (χ2v) is 6.16. The van der Waals surface area contributed by atoms with Crippen LogP contribution in [0.4, 0.5) is 0 Å². The highest BCUT2D eigenvalue weighted by Gasteiger charge is 2.08. The number of nitrogens with zero attached hydrogens (tertiary/aromatic N) is 1. The first kappa shape index (κ1) is 12.8. The molecule has 0 N–H and O–H groups in total. The predicted octanol–water partition coefficient (Wildman–Crippen LogP) is 2.71. The zero-order valence-corrected chi connectivity index (χ0v) is 11.2. The topological polar surface area (TPSA) is 47.0 Å². The van der Waals surface area contributed by atoms with Crippen LogP contribution < -0.4 is 0 Å². The second-order valence-electron chi connectivity index (χ2n) is 4.15. The fourth-order valence-electron chi connectivity index (χ4n) is 1.86. The Morgan fingerprint density at radius 2 is 1.78 bits per heavy atom. The van der Waals surface area contributed by atoms with Crippen LogP contribution in [0.5, 0.6) is 0 Å². The van der Waals surface area contributed by atoms with Crippen LogP contribution in [-0.4, -0.2) is 19.7 Å². The minimum atomic E-state index is -3.13. The van der Waals surface area contributed by atoms with E-state index in [1.54, 1.807) is 18.3 Å². The predicted molar refractivity (Wildman–Crippen MR) is 72.2 cm³/mol. The van der Waals surface area contributed by atoms with Gasteiger partial charge in [0.15, 0.2) is 9.84 Å². The van der Waals surface area contributed by atoms with Crippen LogP contribution in [0.3, 0.4) is 0 Å². The summed E-state index contributed by atoms with van der Waals surface area (Å²) >= 11 is 0. The first-order valence-corrected chi connectivity index (χ1v) is 7.66. The first-order chi connectivity index (χ1) is 8.52. The zero-order valence-electron chi connectivity index (χ0n) is 10.4. The molecule has 18 heavy (non-hydrogen) atoms. The molecule has 1 heterocycles. The summed E-state index contributed by atoms with van der Waals surface area (Å²) in [5.41, 5.74) is 3.07. The van der Waals surface area contributed by atoms with Crippen molar-refractivity contribution in [1.82, 2.24) is 4.98 Å². The minimum Gasteiger partial charge on any atom is -0.261 e. The van der Waals surface area contributed by atoms with Crippen molar-refractivity contribution in [2.45, 2.75) is 18.2 Å². The fraction of sp³-hybridized carbons (Fsp3) is 0.214. The smallest absolute Gasteiger partial charge is 0.175 e. The molecule has 0 aliphatic rings. The Morgan fingerprint density at radius 1 is 1.11 bits per heavy atom. The Hall–Kier alpha value is -1.68. The van der Waals surface area contributed by atoms with Crippen molar-refractivity contribution in [3.8, 4) is 11.1 Å². The van der Waals surface area contributed by atoms with Crippen molar-refractivity contribution in [3.05, 3.63) is 48.3 Å². The van der Waals surface area contributed by atoms with E-state index in [-0.39, 0.29) is 0 Å². The second kappa shape index (κ2) is 4.90. The normalized spacial score (nSPS) is 11.4. The van der Waals surface area contributed by atoms with Gasteiger partial charge in [0.05, 0.1) is 4.90 Å². The van der Waals surface area contributed by atoms with E-state index in [1.165, 1.54) is 6.26 Å². The molecular formula is C14H15NO2S. The van der Waals surface area contributed by atoms with Gasteiger partial charge in [-0.1, -0.05) is 25.1 Å². The van der Waals surface area contributed by atoms with Gasteiger partial charge in [0.1, 0.15) is 0 Å². The van der Waals surface area contributed by atoms with E-state index >= 15 is 0 Å². The van der Waals surface area contributed by atoms with Crippen molar-refractivity contribution in [2.75, 3.05) is 6.26 Å². The summed E-state index contributed by atoms with van der Waals surface area (Å²) in [5, 5.41) is 0. The Morgan fingerprint density at radius 3 is 2.33 bits per heavy atom. The molecular weight excluding hydrogens is 246 g/mol. The zero-order chi connectivity index (χ0) is 13.2. The van der Waals surface area contributed by atoms with Crippen molar-refractivity contribution >= 4 is 9.84 Å². The minimum absolute atomic E-state index is 0.341. The standard InChI is InChI=1S/C14H15NO2S/c1-3-14-13(5-4-10-15-14)11-6-8-12(9-7-11)18(2,16)17/h4-10H,3H2,1-2H3. The maximum absolute atomic E-state index is 11.4. The number of aromatic nitrogens is 1. The fourth-order valence-corrected chi connectivity index (χ4v) is 2.49. The Kier molecular flexibility index (Phi) is 3.48. The summed E-state index contributed by atoms with van der Waals surface area (Å²) in [6.07, 6.45) is 3.83. The Bertz CT molecular complexity index is 646. The van der Waals surface area contributed by atoms with Crippen LogP contribution in [0.15, 0.2) is 47.5 Å².